The van der Waals surface area contributed by atoms with Crippen molar-refractivity contribution in [2.24, 2.45) is 4.99 Å². The van der Waals surface area contributed by atoms with Crippen molar-refractivity contribution < 1.29 is 29.3 Å². The molecule has 10 nitrogen and oxygen atoms in total. The van der Waals surface area contributed by atoms with Crippen molar-refractivity contribution >= 4 is 34.9 Å². The number of aryl methyl sites for hydroxylation is 1. The number of anilines is 1. The van der Waals surface area contributed by atoms with E-state index in [2.05, 4.69) is 4.99 Å². The zero-order chi connectivity index (χ0) is 25.2. The molecule has 0 aromatic heterocycles. The number of imide groups is 1. The van der Waals surface area contributed by atoms with Crippen LogP contribution in [0.1, 0.15) is 35.3 Å². The number of hydrogen-bond donors (Lipinski definition) is 2. The number of nitrogen functional groups attached to an aromatic ring is 1. The van der Waals surface area contributed by atoms with E-state index in [1.807, 2.05) is 6.07 Å². The van der Waals surface area contributed by atoms with Gasteiger partial charge in [-0.3, -0.25) is 9.59 Å². The molecular formula is C24H22N4O6. The molecule has 1 heterocycles. The molecule has 3 rings (SSSR count). The molecule has 0 saturated heterocycles. The first kappa shape index (κ1) is 24.3. The van der Waals surface area contributed by atoms with Gasteiger partial charge in [-0.2, -0.15) is 5.26 Å². The topological polar surface area (TPSA) is 155 Å². The van der Waals surface area contributed by atoms with Crippen LogP contribution in [0, 0.1) is 18.3 Å². The lowest BCUT2D eigenvalue weighted by Crippen LogP contribution is -2.58. The third-order valence-corrected chi connectivity index (χ3v) is 5.45. The van der Waals surface area contributed by atoms with Crippen molar-refractivity contribution in [1.82, 2.24) is 4.90 Å². The molecule has 2 amide bonds. The number of carboxylic acid groups (broad SMARTS) is 1. The summed E-state index contributed by atoms with van der Waals surface area (Å²) >= 11 is 0. The first-order valence-electron chi connectivity index (χ1n) is 10.1. The van der Waals surface area contributed by atoms with E-state index >= 15 is 0 Å². The summed E-state index contributed by atoms with van der Waals surface area (Å²) in [6, 6.07) is 12.4. The summed E-state index contributed by atoms with van der Waals surface area (Å²) in [7, 11) is 1.15. The third kappa shape index (κ3) is 4.05. The molecule has 0 aliphatic carbocycles. The van der Waals surface area contributed by atoms with Crippen LogP contribution in [0.2, 0.25) is 0 Å². The number of carbonyl (C=O) groups is 3. The number of aliphatic imine (C=N–C) groups is 1. The Bertz CT molecular complexity index is 1310. The zero-order valence-corrected chi connectivity index (χ0v) is 18.9. The first-order chi connectivity index (χ1) is 16.1. The van der Waals surface area contributed by atoms with Gasteiger partial charge >= 0.3 is 5.97 Å². The quantitative estimate of drug-likeness (QED) is 0.287. The van der Waals surface area contributed by atoms with E-state index in [1.54, 1.807) is 25.1 Å². The number of carbonyl (C=O) groups excluding carboxylic acids is 2. The van der Waals surface area contributed by atoms with Crippen LogP contribution in [0.15, 0.2) is 58.6 Å². The van der Waals surface area contributed by atoms with E-state index in [-0.39, 0.29) is 28.0 Å². The van der Waals surface area contributed by atoms with Gasteiger partial charge in [0.1, 0.15) is 17.4 Å². The maximum Gasteiger partial charge on any atom is 0.336 e. The van der Waals surface area contributed by atoms with E-state index in [0.717, 1.165) is 7.11 Å². The molecule has 1 aliphatic rings. The number of nitrogens with zero attached hydrogens (tertiary/aromatic N) is 3. The van der Waals surface area contributed by atoms with Gasteiger partial charge in [0.25, 0.3) is 11.8 Å². The molecule has 2 aromatic carbocycles. The van der Waals surface area contributed by atoms with Crippen molar-refractivity contribution in [3.05, 3.63) is 70.3 Å². The van der Waals surface area contributed by atoms with Crippen molar-refractivity contribution in [3.8, 4) is 6.07 Å². The summed E-state index contributed by atoms with van der Waals surface area (Å²) in [6.45, 7) is 4.49. The highest BCUT2D eigenvalue weighted by Crippen LogP contribution is 2.37. The van der Waals surface area contributed by atoms with E-state index in [1.165, 1.54) is 38.1 Å². The van der Waals surface area contributed by atoms with E-state index in [0.29, 0.717) is 21.8 Å². The smallest absolute Gasteiger partial charge is 0.336 e. The fourth-order valence-electron chi connectivity index (χ4n) is 3.76. The van der Waals surface area contributed by atoms with Crippen LogP contribution in [0.4, 0.5) is 11.4 Å². The Morgan fingerprint density at radius 3 is 2.44 bits per heavy atom. The molecule has 3 N–H and O–H groups in total. The first-order valence-corrected chi connectivity index (χ1v) is 10.1. The minimum atomic E-state index is -2.04. The van der Waals surface area contributed by atoms with E-state index < -0.39 is 23.5 Å². The van der Waals surface area contributed by atoms with Crippen LogP contribution in [-0.2, 0) is 25.1 Å². The van der Waals surface area contributed by atoms with Crippen LogP contribution >= 0.6 is 0 Å². The van der Waals surface area contributed by atoms with Crippen molar-refractivity contribution in [3.63, 3.8) is 0 Å². The number of carboxylic acids is 1. The van der Waals surface area contributed by atoms with Gasteiger partial charge in [-0.15, -0.1) is 0 Å². The molecule has 0 bridgehead atoms. The van der Waals surface area contributed by atoms with E-state index in [9.17, 15) is 24.8 Å². The fourth-order valence-corrected chi connectivity index (χ4v) is 3.76. The molecule has 1 aliphatic heterocycles. The summed E-state index contributed by atoms with van der Waals surface area (Å²) in [5.41, 5.74) is 4.63. The van der Waals surface area contributed by atoms with Gasteiger partial charge in [0.15, 0.2) is 0 Å². The third-order valence-electron chi connectivity index (χ3n) is 5.45. The Kier molecular flexibility index (Phi) is 6.63. The van der Waals surface area contributed by atoms with Crippen LogP contribution in [0.25, 0.3) is 0 Å². The number of rotatable bonds is 6. The van der Waals surface area contributed by atoms with Crippen LogP contribution in [-0.4, -0.2) is 40.6 Å². The van der Waals surface area contributed by atoms with Gasteiger partial charge in [-0.05, 0) is 50.6 Å². The lowest BCUT2D eigenvalue weighted by Gasteiger charge is -2.40. The van der Waals surface area contributed by atoms with Crippen molar-refractivity contribution in [2.75, 3.05) is 12.8 Å². The van der Waals surface area contributed by atoms with Crippen molar-refractivity contribution in [2.45, 2.75) is 26.5 Å². The maximum absolute atomic E-state index is 13.7. The number of hydrogen-bond acceptors (Lipinski definition) is 8. The Morgan fingerprint density at radius 2 is 1.85 bits per heavy atom. The Balaban J connectivity index is 2.30. The number of benzene rings is 2. The Labute approximate surface area is 195 Å². The largest absolute Gasteiger partial charge is 0.478 e. The van der Waals surface area contributed by atoms with E-state index in [4.69, 9.17) is 15.5 Å². The molecular weight excluding hydrogens is 440 g/mol. The van der Waals surface area contributed by atoms with Crippen LogP contribution in [0.5, 0.6) is 0 Å². The van der Waals surface area contributed by atoms with Gasteiger partial charge < -0.3 is 10.8 Å². The zero-order valence-electron chi connectivity index (χ0n) is 18.9. The maximum atomic E-state index is 13.7. The molecule has 10 heteroatoms. The highest BCUT2D eigenvalue weighted by Gasteiger charge is 2.50. The molecule has 1 unspecified atom stereocenters. The highest BCUT2D eigenvalue weighted by atomic mass is 17.2. The summed E-state index contributed by atoms with van der Waals surface area (Å²) in [5.74, 6) is -3.17. The number of nitrogens with two attached hydrogens (primary N) is 1. The Hall–Kier alpha value is -4.33. The monoisotopic (exact) mass is 462 g/mol. The average Bonchev–Trinajstić information content (AvgIpc) is 2.78. The second-order valence-corrected chi connectivity index (χ2v) is 7.65. The molecule has 0 spiro atoms. The summed E-state index contributed by atoms with van der Waals surface area (Å²) in [6.07, 6.45) is 0. The fraction of sp³-hybridized carbons (Fsp3) is 0.208. The highest BCUT2D eigenvalue weighted by molar-refractivity contribution is 6.51. The molecule has 0 saturated carbocycles. The standard InChI is InChI=1S/C24H22N4O6/c1-13-11-15(26)9-10-19(13)27-20-14(2)17(12-25)21(29)28(22(20)30)24(3,34-33-4)18-8-6-5-7-16(18)23(31)32/h5-11H,26H2,1-4H3,(H,31,32)/b27-20-. The van der Waals surface area contributed by atoms with Gasteiger partial charge in [0.05, 0.1) is 18.4 Å². The molecule has 34 heavy (non-hydrogen) atoms. The second-order valence-electron chi connectivity index (χ2n) is 7.65. The Morgan fingerprint density at radius 1 is 1.18 bits per heavy atom. The summed E-state index contributed by atoms with van der Waals surface area (Å²) < 4.78 is 0. The number of aromatic carboxylic acids is 1. The minimum Gasteiger partial charge on any atom is -0.478 e. The minimum absolute atomic E-state index is 0.0362. The van der Waals surface area contributed by atoms with Crippen LogP contribution < -0.4 is 5.73 Å². The van der Waals surface area contributed by atoms with Crippen molar-refractivity contribution in [1.29, 1.82) is 5.26 Å². The lowest BCUT2D eigenvalue weighted by molar-refractivity contribution is -0.373. The average molecular weight is 462 g/mol. The number of amides is 2. The second kappa shape index (κ2) is 9.27. The normalized spacial score (nSPS) is 17.0. The predicted octanol–water partition coefficient (Wildman–Crippen LogP) is 3.01. The van der Waals surface area contributed by atoms with Gasteiger partial charge in [-0.1, -0.05) is 18.2 Å². The molecule has 2 aromatic rings. The summed E-state index contributed by atoms with van der Waals surface area (Å²) in [4.78, 5) is 54.2. The molecule has 174 valence electrons. The van der Waals surface area contributed by atoms with Gasteiger partial charge in [0, 0.05) is 16.8 Å². The molecule has 0 radical (unpaired) electrons. The molecule has 1 atom stereocenters. The predicted molar refractivity (Wildman–Crippen MR) is 122 cm³/mol. The summed E-state index contributed by atoms with van der Waals surface area (Å²) in [5, 5.41) is 19.4. The van der Waals surface area contributed by atoms with Gasteiger partial charge in [-0.25, -0.2) is 24.5 Å². The molecule has 0 fully saturated rings. The van der Waals surface area contributed by atoms with Gasteiger partial charge in [0.2, 0.25) is 5.72 Å². The lowest BCUT2D eigenvalue weighted by atomic mass is 9.91. The van der Waals surface area contributed by atoms with Crippen LogP contribution in [0.3, 0.4) is 0 Å². The number of nitriles is 1. The SMILES string of the molecule is COOC(C)(c1ccccc1C(=O)O)N1C(=O)C(C#N)=C(C)/C(=N/c2ccc(N)cc2C)C1=O.